The Morgan fingerprint density at radius 2 is 1.86 bits per heavy atom. The van der Waals surface area contributed by atoms with E-state index in [-0.39, 0.29) is 13.2 Å². The standard InChI is InChI=1S/C14H16BrNO3S2/c1-10-4-3-5-11(2)14(10)19-9-8-16-21(17,18)13-7-6-12(15)20-13/h3-7,16H,8-9H2,1-2H3. The van der Waals surface area contributed by atoms with Crippen molar-refractivity contribution in [2.45, 2.75) is 18.1 Å². The van der Waals surface area contributed by atoms with Crippen molar-refractivity contribution in [3.05, 3.63) is 45.2 Å². The van der Waals surface area contributed by atoms with E-state index in [0.717, 1.165) is 20.7 Å². The largest absolute Gasteiger partial charge is 0.492 e. The van der Waals surface area contributed by atoms with Crippen LogP contribution in [0.1, 0.15) is 11.1 Å². The zero-order chi connectivity index (χ0) is 15.5. The molecule has 0 radical (unpaired) electrons. The molecule has 1 heterocycles. The summed E-state index contributed by atoms with van der Waals surface area (Å²) < 4.78 is 33.3. The molecule has 2 rings (SSSR count). The van der Waals surface area contributed by atoms with E-state index in [9.17, 15) is 8.42 Å². The average Bonchev–Trinajstić information content (AvgIpc) is 2.85. The number of sulfonamides is 1. The van der Waals surface area contributed by atoms with Gasteiger partial charge >= 0.3 is 0 Å². The highest BCUT2D eigenvalue weighted by Crippen LogP contribution is 2.26. The van der Waals surface area contributed by atoms with Gasteiger partial charge in [-0.05, 0) is 53.0 Å². The van der Waals surface area contributed by atoms with Crippen molar-refractivity contribution in [3.63, 3.8) is 0 Å². The van der Waals surface area contributed by atoms with Gasteiger partial charge in [0.2, 0.25) is 10.0 Å². The third-order valence-electron chi connectivity index (χ3n) is 2.86. The Kier molecular flexibility index (Phi) is 5.43. The van der Waals surface area contributed by atoms with Gasteiger partial charge in [-0.15, -0.1) is 11.3 Å². The Morgan fingerprint density at radius 1 is 1.19 bits per heavy atom. The van der Waals surface area contributed by atoms with Crippen molar-refractivity contribution in [3.8, 4) is 5.75 Å². The molecule has 0 saturated heterocycles. The smallest absolute Gasteiger partial charge is 0.250 e. The van der Waals surface area contributed by atoms with Gasteiger partial charge in [0.1, 0.15) is 16.6 Å². The first kappa shape index (κ1) is 16.5. The van der Waals surface area contributed by atoms with Crippen molar-refractivity contribution in [2.24, 2.45) is 0 Å². The summed E-state index contributed by atoms with van der Waals surface area (Å²) >= 11 is 4.43. The van der Waals surface area contributed by atoms with Gasteiger partial charge in [-0.2, -0.15) is 0 Å². The molecule has 0 saturated carbocycles. The zero-order valence-corrected chi connectivity index (χ0v) is 14.9. The zero-order valence-electron chi connectivity index (χ0n) is 11.7. The van der Waals surface area contributed by atoms with Crippen LogP contribution in [0.25, 0.3) is 0 Å². The summed E-state index contributed by atoms with van der Waals surface area (Å²) in [4.78, 5) is 0. The minimum atomic E-state index is -3.46. The Labute approximate surface area is 137 Å². The Morgan fingerprint density at radius 3 is 2.43 bits per heavy atom. The fourth-order valence-corrected chi connectivity index (χ4v) is 4.94. The molecule has 0 unspecified atom stereocenters. The number of hydrogen-bond donors (Lipinski definition) is 1. The monoisotopic (exact) mass is 389 g/mol. The number of benzene rings is 1. The molecule has 114 valence electrons. The van der Waals surface area contributed by atoms with Crippen molar-refractivity contribution >= 4 is 37.3 Å². The van der Waals surface area contributed by atoms with E-state index >= 15 is 0 Å². The summed E-state index contributed by atoms with van der Waals surface area (Å²) in [6, 6.07) is 9.19. The molecule has 0 spiro atoms. The minimum absolute atomic E-state index is 0.228. The quantitative estimate of drug-likeness (QED) is 0.769. The fourth-order valence-electron chi connectivity index (χ4n) is 1.87. The number of ether oxygens (including phenoxy) is 1. The molecule has 1 aromatic carbocycles. The van der Waals surface area contributed by atoms with Crippen LogP contribution in [-0.4, -0.2) is 21.6 Å². The summed E-state index contributed by atoms with van der Waals surface area (Å²) in [6.45, 7) is 4.45. The number of nitrogens with one attached hydrogen (secondary N) is 1. The van der Waals surface area contributed by atoms with Crippen molar-refractivity contribution in [2.75, 3.05) is 13.2 Å². The summed E-state index contributed by atoms with van der Waals surface area (Å²) in [7, 11) is -3.46. The van der Waals surface area contributed by atoms with Crippen LogP contribution < -0.4 is 9.46 Å². The number of halogens is 1. The molecular weight excluding hydrogens is 374 g/mol. The van der Waals surface area contributed by atoms with E-state index in [1.54, 1.807) is 12.1 Å². The van der Waals surface area contributed by atoms with Gasteiger partial charge in [-0.1, -0.05) is 18.2 Å². The lowest BCUT2D eigenvalue weighted by Gasteiger charge is -2.12. The van der Waals surface area contributed by atoms with E-state index in [2.05, 4.69) is 20.7 Å². The summed E-state index contributed by atoms with van der Waals surface area (Å²) in [5, 5.41) is 0. The summed E-state index contributed by atoms with van der Waals surface area (Å²) in [5.41, 5.74) is 2.08. The van der Waals surface area contributed by atoms with Crippen molar-refractivity contribution in [1.29, 1.82) is 0 Å². The number of aryl methyl sites for hydroxylation is 2. The first-order valence-electron chi connectivity index (χ1n) is 6.34. The number of rotatable bonds is 6. The van der Waals surface area contributed by atoms with Gasteiger partial charge in [0, 0.05) is 6.54 Å². The molecule has 7 heteroatoms. The SMILES string of the molecule is Cc1cccc(C)c1OCCNS(=O)(=O)c1ccc(Br)s1. The predicted molar refractivity (Wildman–Crippen MR) is 88.6 cm³/mol. The Balaban J connectivity index is 1.90. The Bertz CT molecular complexity index is 705. The van der Waals surface area contributed by atoms with Gasteiger partial charge in [-0.3, -0.25) is 0 Å². The van der Waals surface area contributed by atoms with Crippen LogP contribution in [0.4, 0.5) is 0 Å². The maximum atomic E-state index is 12.0. The predicted octanol–water partition coefficient (Wildman–Crippen LogP) is 3.48. The van der Waals surface area contributed by atoms with Gasteiger partial charge in [0.25, 0.3) is 0 Å². The second kappa shape index (κ2) is 6.91. The van der Waals surface area contributed by atoms with Gasteiger partial charge in [0.05, 0.1) is 3.79 Å². The van der Waals surface area contributed by atoms with Crippen LogP contribution in [0.3, 0.4) is 0 Å². The lowest BCUT2D eigenvalue weighted by Crippen LogP contribution is -2.27. The second-order valence-electron chi connectivity index (χ2n) is 4.53. The molecule has 0 bridgehead atoms. The molecule has 0 fully saturated rings. The van der Waals surface area contributed by atoms with Crippen LogP contribution in [0.5, 0.6) is 5.75 Å². The maximum absolute atomic E-state index is 12.0. The third-order valence-corrected chi connectivity index (χ3v) is 6.44. The number of para-hydroxylation sites is 1. The highest BCUT2D eigenvalue weighted by molar-refractivity contribution is 9.11. The topological polar surface area (TPSA) is 55.4 Å². The maximum Gasteiger partial charge on any atom is 0.250 e. The van der Waals surface area contributed by atoms with E-state index in [0.29, 0.717) is 4.21 Å². The molecule has 4 nitrogen and oxygen atoms in total. The van der Waals surface area contributed by atoms with Crippen LogP contribution in [0.15, 0.2) is 38.3 Å². The fraction of sp³-hybridized carbons (Fsp3) is 0.286. The molecule has 2 aromatic rings. The highest BCUT2D eigenvalue weighted by Gasteiger charge is 2.15. The third kappa shape index (κ3) is 4.29. The van der Waals surface area contributed by atoms with Gasteiger partial charge in [0.15, 0.2) is 0 Å². The number of thiophene rings is 1. The van der Waals surface area contributed by atoms with E-state index in [4.69, 9.17) is 4.74 Å². The van der Waals surface area contributed by atoms with Gasteiger partial charge < -0.3 is 4.74 Å². The Hall–Kier alpha value is -0.890. The first-order chi connectivity index (χ1) is 9.90. The molecule has 0 aliphatic carbocycles. The number of hydrogen-bond acceptors (Lipinski definition) is 4. The highest BCUT2D eigenvalue weighted by atomic mass is 79.9. The summed E-state index contributed by atoms with van der Waals surface area (Å²) in [5.74, 6) is 0.815. The molecule has 21 heavy (non-hydrogen) atoms. The molecule has 1 aromatic heterocycles. The van der Waals surface area contributed by atoms with E-state index in [1.165, 1.54) is 11.3 Å². The first-order valence-corrected chi connectivity index (χ1v) is 9.43. The summed E-state index contributed by atoms with van der Waals surface area (Å²) in [6.07, 6.45) is 0. The molecule has 1 N–H and O–H groups in total. The second-order valence-corrected chi connectivity index (χ2v) is 8.98. The van der Waals surface area contributed by atoms with E-state index in [1.807, 2.05) is 32.0 Å². The lowest BCUT2D eigenvalue weighted by molar-refractivity contribution is 0.318. The van der Waals surface area contributed by atoms with Crippen LogP contribution in [-0.2, 0) is 10.0 Å². The molecular formula is C14H16BrNO3S2. The van der Waals surface area contributed by atoms with E-state index < -0.39 is 10.0 Å². The average molecular weight is 390 g/mol. The lowest BCUT2D eigenvalue weighted by atomic mass is 10.1. The molecule has 0 aliphatic rings. The van der Waals surface area contributed by atoms with Gasteiger partial charge in [-0.25, -0.2) is 13.1 Å². The van der Waals surface area contributed by atoms with Crippen LogP contribution >= 0.6 is 27.3 Å². The van der Waals surface area contributed by atoms with Crippen LogP contribution in [0, 0.1) is 13.8 Å². The van der Waals surface area contributed by atoms with Crippen molar-refractivity contribution in [1.82, 2.24) is 4.72 Å². The molecule has 0 aliphatic heterocycles. The van der Waals surface area contributed by atoms with Crippen LogP contribution in [0.2, 0.25) is 0 Å². The molecule has 0 amide bonds. The minimum Gasteiger partial charge on any atom is -0.492 e. The normalized spacial score (nSPS) is 11.6. The molecule has 0 atom stereocenters. The van der Waals surface area contributed by atoms with Crippen molar-refractivity contribution < 1.29 is 13.2 Å².